The van der Waals surface area contributed by atoms with E-state index in [0.29, 0.717) is 0 Å². The number of ether oxygens (including phenoxy) is 2. The molecule has 0 atom stereocenters. The van der Waals surface area contributed by atoms with Gasteiger partial charge in [0.25, 0.3) is 0 Å². The first kappa shape index (κ1) is 15.0. The Balaban J connectivity index is 2.11. The van der Waals surface area contributed by atoms with Crippen molar-refractivity contribution in [2.24, 2.45) is 7.05 Å². The number of aromatic nitrogens is 2. The van der Waals surface area contributed by atoms with Crippen molar-refractivity contribution < 1.29 is 9.47 Å². The van der Waals surface area contributed by atoms with Crippen LogP contribution in [-0.2, 0) is 11.8 Å². The Morgan fingerprint density at radius 2 is 1.94 bits per heavy atom. The molecular formula is C13H25N3O2. The third kappa shape index (κ3) is 4.66. The molecule has 0 saturated heterocycles. The Morgan fingerprint density at radius 3 is 2.56 bits per heavy atom. The fourth-order valence-corrected chi connectivity index (χ4v) is 1.79. The molecule has 18 heavy (non-hydrogen) atoms. The van der Waals surface area contributed by atoms with E-state index in [4.69, 9.17) is 9.47 Å². The zero-order valence-electron chi connectivity index (χ0n) is 12.0. The monoisotopic (exact) mass is 255 g/mol. The van der Waals surface area contributed by atoms with E-state index in [1.165, 1.54) is 0 Å². The van der Waals surface area contributed by atoms with Crippen LogP contribution in [0.1, 0.15) is 24.2 Å². The lowest BCUT2D eigenvalue weighted by Crippen LogP contribution is -2.20. The maximum atomic E-state index is 5.78. The first-order valence-electron chi connectivity index (χ1n) is 6.49. The van der Waals surface area contributed by atoms with Crippen LogP contribution in [0.25, 0.3) is 0 Å². The third-order valence-corrected chi connectivity index (χ3v) is 2.92. The number of hydrogen-bond donors (Lipinski definition) is 1. The summed E-state index contributed by atoms with van der Waals surface area (Å²) in [6, 6.07) is 0. The minimum absolute atomic E-state index is 0.749. The van der Waals surface area contributed by atoms with Gasteiger partial charge in [-0.3, -0.25) is 4.68 Å². The Labute approximate surface area is 109 Å². The Morgan fingerprint density at radius 1 is 1.17 bits per heavy atom. The van der Waals surface area contributed by atoms with E-state index in [0.717, 1.165) is 56.3 Å². The van der Waals surface area contributed by atoms with Gasteiger partial charge in [0.05, 0.1) is 18.9 Å². The second-order valence-corrected chi connectivity index (χ2v) is 4.42. The van der Waals surface area contributed by atoms with E-state index >= 15 is 0 Å². The van der Waals surface area contributed by atoms with Crippen LogP contribution in [0, 0.1) is 13.8 Å². The zero-order chi connectivity index (χ0) is 13.4. The zero-order valence-corrected chi connectivity index (χ0v) is 12.0. The molecule has 104 valence electrons. The van der Waals surface area contributed by atoms with Gasteiger partial charge in [0, 0.05) is 20.7 Å². The lowest BCUT2D eigenvalue weighted by Gasteiger charge is -2.07. The number of nitrogens with zero attached hydrogens (tertiary/aromatic N) is 2. The van der Waals surface area contributed by atoms with Crippen molar-refractivity contribution in [3.8, 4) is 5.75 Å². The number of aryl methyl sites for hydroxylation is 2. The summed E-state index contributed by atoms with van der Waals surface area (Å²) in [5.41, 5.74) is 2.05. The molecule has 1 rings (SSSR count). The normalized spacial score (nSPS) is 10.9. The van der Waals surface area contributed by atoms with Crippen molar-refractivity contribution >= 4 is 0 Å². The average Bonchev–Trinajstić information content (AvgIpc) is 2.58. The second-order valence-electron chi connectivity index (χ2n) is 4.42. The third-order valence-electron chi connectivity index (χ3n) is 2.92. The van der Waals surface area contributed by atoms with Crippen LogP contribution in [0.3, 0.4) is 0 Å². The lowest BCUT2D eigenvalue weighted by atomic mass is 10.3. The minimum atomic E-state index is 0.749. The summed E-state index contributed by atoms with van der Waals surface area (Å²) in [7, 11) is 3.66. The Hall–Kier alpha value is -1.07. The van der Waals surface area contributed by atoms with Crippen LogP contribution >= 0.6 is 0 Å². The Kier molecular flexibility index (Phi) is 6.75. The summed E-state index contributed by atoms with van der Waals surface area (Å²) in [5.74, 6) is 0.935. The van der Waals surface area contributed by atoms with Gasteiger partial charge in [-0.2, -0.15) is 5.10 Å². The van der Waals surface area contributed by atoms with E-state index in [9.17, 15) is 0 Å². The van der Waals surface area contributed by atoms with Crippen LogP contribution < -0.4 is 10.1 Å². The molecule has 1 N–H and O–H groups in total. The van der Waals surface area contributed by atoms with Crippen LogP contribution in [0.4, 0.5) is 0 Å². The molecule has 0 radical (unpaired) electrons. The molecule has 0 aliphatic rings. The van der Waals surface area contributed by atoms with Crippen molar-refractivity contribution in [1.29, 1.82) is 0 Å². The highest BCUT2D eigenvalue weighted by Gasteiger charge is 2.09. The summed E-state index contributed by atoms with van der Waals surface area (Å²) >= 11 is 0. The van der Waals surface area contributed by atoms with Crippen LogP contribution in [-0.4, -0.2) is 43.2 Å². The number of unbranched alkanes of at least 4 members (excludes halogenated alkanes) is 1. The van der Waals surface area contributed by atoms with Gasteiger partial charge in [-0.1, -0.05) is 0 Å². The highest BCUT2D eigenvalue weighted by Crippen LogP contribution is 2.21. The van der Waals surface area contributed by atoms with E-state index in [2.05, 4.69) is 10.4 Å². The first-order valence-corrected chi connectivity index (χ1v) is 6.49. The molecule has 1 aromatic rings. The van der Waals surface area contributed by atoms with Gasteiger partial charge in [-0.15, -0.1) is 0 Å². The molecule has 0 amide bonds. The van der Waals surface area contributed by atoms with Gasteiger partial charge < -0.3 is 14.8 Å². The van der Waals surface area contributed by atoms with E-state index in [1.54, 1.807) is 7.11 Å². The van der Waals surface area contributed by atoms with Crippen molar-refractivity contribution in [3.63, 3.8) is 0 Å². The molecule has 1 heterocycles. The van der Waals surface area contributed by atoms with Crippen molar-refractivity contribution in [2.75, 3.05) is 33.4 Å². The van der Waals surface area contributed by atoms with E-state index < -0.39 is 0 Å². The fraction of sp³-hybridized carbons (Fsp3) is 0.769. The summed E-state index contributed by atoms with van der Waals surface area (Å²) in [4.78, 5) is 0. The number of rotatable bonds is 9. The van der Waals surface area contributed by atoms with Crippen molar-refractivity contribution in [1.82, 2.24) is 15.1 Å². The molecule has 0 fully saturated rings. The standard InChI is InChI=1S/C13H25N3O2/c1-11-13(12(2)16(3)15-11)18-9-6-5-7-14-8-10-17-4/h14H,5-10H2,1-4H3. The number of hydrogen-bond acceptors (Lipinski definition) is 4. The minimum Gasteiger partial charge on any atom is -0.490 e. The lowest BCUT2D eigenvalue weighted by molar-refractivity contribution is 0.199. The molecule has 0 aliphatic heterocycles. The largest absolute Gasteiger partial charge is 0.490 e. The van der Waals surface area contributed by atoms with Gasteiger partial charge in [-0.25, -0.2) is 0 Å². The molecule has 0 spiro atoms. The van der Waals surface area contributed by atoms with Gasteiger partial charge >= 0.3 is 0 Å². The second kappa shape index (κ2) is 8.11. The SMILES string of the molecule is COCCNCCCCOc1c(C)nn(C)c1C. The quantitative estimate of drug-likeness (QED) is 0.678. The summed E-state index contributed by atoms with van der Waals surface area (Å²) < 4.78 is 12.6. The predicted molar refractivity (Wildman–Crippen MR) is 72.2 cm³/mol. The van der Waals surface area contributed by atoms with Gasteiger partial charge in [0.1, 0.15) is 5.69 Å². The number of methoxy groups -OCH3 is 1. The highest BCUT2D eigenvalue weighted by molar-refractivity contribution is 5.31. The maximum Gasteiger partial charge on any atom is 0.162 e. The van der Waals surface area contributed by atoms with Crippen LogP contribution in [0.2, 0.25) is 0 Å². The average molecular weight is 255 g/mol. The van der Waals surface area contributed by atoms with Crippen molar-refractivity contribution in [3.05, 3.63) is 11.4 Å². The summed E-state index contributed by atoms with van der Waals surface area (Å²) in [5, 5.41) is 7.64. The van der Waals surface area contributed by atoms with E-state index in [-0.39, 0.29) is 0 Å². The van der Waals surface area contributed by atoms with Gasteiger partial charge in [-0.05, 0) is 33.2 Å². The maximum absolute atomic E-state index is 5.78. The molecule has 0 aliphatic carbocycles. The van der Waals surface area contributed by atoms with E-state index in [1.807, 2.05) is 25.6 Å². The molecule has 5 heteroatoms. The van der Waals surface area contributed by atoms with Crippen LogP contribution in [0.5, 0.6) is 5.75 Å². The first-order chi connectivity index (χ1) is 8.66. The fourth-order valence-electron chi connectivity index (χ4n) is 1.79. The molecule has 5 nitrogen and oxygen atoms in total. The molecule has 0 saturated carbocycles. The molecule has 0 aromatic carbocycles. The topological polar surface area (TPSA) is 48.3 Å². The van der Waals surface area contributed by atoms with Crippen LogP contribution in [0.15, 0.2) is 0 Å². The molecule has 0 bridgehead atoms. The summed E-state index contributed by atoms with van der Waals surface area (Å²) in [6.45, 7) is 7.45. The predicted octanol–water partition coefficient (Wildman–Crippen LogP) is 1.43. The highest BCUT2D eigenvalue weighted by atomic mass is 16.5. The molecular weight excluding hydrogens is 230 g/mol. The number of nitrogens with one attached hydrogen (secondary N) is 1. The van der Waals surface area contributed by atoms with Gasteiger partial charge in [0.15, 0.2) is 5.75 Å². The van der Waals surface area contributed by atoms with Gasteiger partial charge in [0.2, 0.25) is 0 Å². The smallest absolute Gasteiger partial charge is 0.162 e. The molecule has 0 unspecified atom stereocenters. The Bertz CT molecular complexity index is 350. The van der Waals surface area contributed by atoms with Crippen molar-refractivity contribution in [2.45, 2.75) is 26.7 Å². The summed E-state index contributed by atoms with van der Waals surface area (Å²) in [6.07, 6.45) is 2.16. The molecule has 1 aromatic heterocycles.